The molecule has 1 amide bonds. The Balaban J connectivity index is 1.97. The molecule has 2 aromatic carbocycles. The van der Waals surface area contributed by atoms with Crippen LogP contribution in [0.3, 0.4) is 0 Å². The fourth-order valence-electron chi connectivity index (χ4n) is 2.84. The summed E-state index contributed by atoms with van der Waals surface area (Å²) in [5.41, 5.74) is 3.57. The smallest absolute Gasteiger partial charge is 0.263 e. The molecule has 0 radical (unpaired) electrons. The van der Waals surface area contributed by atoms with Crippen molar-refractivity contribution in [1.29, 1.82) is 0 Å². The first-order valence-electron chi connectivity index (χ1n) is 6.84. The zero-order valence-corrected chi connectivity index (χ0v) is 12.3. The molecule has 0 fully saturated rings. The average Bonchev–Trinajstić information content (AvgIpc) is 2.81. The van der Waals surface area contributed by atoms with Crippen molar-refractivity contribution in [2.75, 3.05) is 4.90 Å². The minimum Gasteiger partial charge on any atom is -0.275 e. The van der Waals surface area contributed by atoms with Gasteiger partial charge in [-0.05, 0) is 30.3 Å². The van der Waals surface area contributed by atoms with E-state index in [4.69, 9.17) is 11.6 Å². The third-order valence-electron chi connectivity index (χ3n) is 3.88. The number of nitrogens with zero attached hydrogens (tertiary/aromatic N) is 2. The molecule has 1 aliphatic heterocycles. The molecule has 1 aromatic heterocycles. The molecular weight excluding hydrogens is 296 g/mol. The van der Waals surface area contributed by atoms with Gasteiger partial charge in [-0.15, -0.1) is 0 Å². The highest BCUT2D eigenvalue weighted by atomic mass is 35.5. The zero-order chi connectivity index (χ0) is 15.3. The summed E-state index contributed by atoms with van der Waals surface area (Å²) in [7, 11) is 0. The summed E-state index contributed by atoms with van der Waals surface area (Å²) < 4.78 is 0. The minimum absolute atomic E-state index is 0.0881. The van der Waals surface area contributed by atoms with Crippen LogP contribution in [0.4, 0.5) is 5.69 Å². The van der Waals surface area contributed by atoms with E-state index in [-0.39, 0.29) is 5.91 Å². The summed E-state index contributed by atoms with van der Waals surface area (Å²) >= 11 is 6.23. The number of fused-ring (bicyclic) bond motifs is 2. The molecule has 0 bridgehead atoms. The number of aromatic nitrogens is 1. The lowest BCUT2D eigenvalue weighted by Gasteiger charge is -2.19. The molecule has 3 aromatic rings. The summed E-state index contributed by atoms with van der Waals surface area (Å²) in [6.45, 7) is 4.08. The number of amides is 1. The summed E-state index contributed by atoms with van der Waals surface area (Å²) in [4.78, 5) is 18.7. The number of halogens is 1. The molecule has 0 spiro atoms. The van der Waals surface area contributed by atoms with E-state index in [0.717, 1.165) is 10.9 Å². The Labute approximate surface area is 132 Å². The van der Waals surface area contributed by atoms with Crippen molar-refractivity contribution in [1.82, 2.24) is 4.98 Å². The van der Waals surface area contributed by atoms with E-state index in [9.17, 15) is 4.79 Å². The molecule has 2 heterocycles. The van der Waals surface area contributed by atoms with Crippen LogP contribution in [0.5, 0.6) is 0 Å². The van der Waals surface area contributed by atoms with Crippen molar-refractivity contribution in [2.24, 2.45) is 0 Å². The first-order valence-corrected chi connectivity index (χ1v) is 7.22. The van der Waals surface area contributed by atoms with Crippen LogP contribution >= 0.6 is 11.6 Å². The van der Waals surface area contributed by atoms with Crippen molar-refractivity contribution in [2.45, 2.75) is 0 Å². The van der Waals surface area contributed by atoms with Crippen LogP contribution in [0.1, 0.15) is 15.9 Å². The molecule has 0 atom stereocenters. The molecule has 3 nitrogen and oxygen atoms in total. The molecule has 0 saturated carbocycles. The molecule has 22 heavy (non-hydrogen) atoms. The van der Waals surface area contributed by atoms with Crippen molar-refractivity contribution >= 4 is 39.8 Å². The van der Waals surface area contributed by atoms with E-state index in [0.29, 0.717) is 27.5 Å². The van der Waals surface area contributed by atoms with Gasteiger partial charge in [-0.2, -0.15) is 0 Å². The first kappa shape index (κ1) is 13.0. The molecule has 0 saturated heterocycles. The number of rotatable bonds is 1. The van der Waals surface area contributed by atoms with Crippen LogP contribution in [0.25, 0.3) is 16.6 Å². The second-order valence-electron chi connectivity index (χ2n) is 5.10. The third kappa shape index (κ3) is 1.69. The Morgan fingerprint density at radius 3 is 2.55 bits per heavy atom. The Morgan fingerprint density at radius 1 is 1.00 bits per heavy atom. The summed E-state index contributed by atoms with van der Waals surface area (Å²) in [6, 6.07) is 14.8. The summed E-state index contributed by atoms with van der Waals surface area (Å²) in [5, 5.41) is 1.43. The van der Waals surface area contributed by atoms with Crippen LogP contribution in [0.15, 0.2) is 61.3 Å². The Kier molecular flexibility index (Phi) is 2.78. The lowest BCUT2D eigenvalue weighted by atomic mass is 10.1. The van der Waals surface area contributed by atoms with Crippen LogP contribution in [0.2, 0.25) is 5.02 Å². The van der Waals surface area contributed by atoms with Gasteiger partial charge in [0.25, 0.3) is 5.91 Å². The number of carbonyl (C=O) groups excluding carboxylic acids is 1. The maximum Gasteiger partial charge on any atom is 0.263 e. The minimum atomic E-state index is -0.0881. The van der Waals surface area contributed by atoms with Gasteiger partial charge in [0.2, 0.25) is 0 Å². The van der Waals surface area contributed by atoms with Crippen LogP contribution in [-0.4, -0.2) is 10.9 Å². The number of pyridine rings is 1. The van der Waals surface area contributed by atoms with Gasteiger partial charge in [-0.25, -0.2) is 0 Å². The van der Waals surface area contributed by atoms with E-state index in [1.54, 1.807) is 17.2 Å². The van der Waals surface area contributed by atoms with Crippen LogP contribution in [0, 0.1) is 0 Å². The molecule has 4 rings (SSSR count). The number of anilines is 1. The largest absolute Gasteiger partial charge is 0.275 e. The number of benzene rings is 2. The maximum absolute atomic E-state index is 12.7. The van der Waals surface area contributed by atoms with E-state index >= 15 is 0 Å². The van der Waals surface area contributed by atoms with Crippen LogP contribution < -0.4 is 4.90 Å². The second kappa shape index (κ2) is 4.68. The molecule has 106 valence electrons. The van der Waals surface area contributed by atoms with Crippen molar-refractivity contribution < 1.29 is 4.79 Å². The maximum atomic E-state index is 12.7. The molecule has 0 unspecified atom stereocenters. The van der Waals surface area contributed by atoms with Crippen LogP contribution in [-0.2, 0) is 0 Å². The quantitative estimate of drug-likeness (QED) is 0.662. The lowest BCUT2D eigenvalue weighted by Crippen LogP contribution is -2.22. The fraction of sp³-hybridized carbons (Fsp3) is 0. The zero-order valence-electron chi connectivity index (χ0n) is 11.6. The van der Waals surface area contributed by atoms with Gasteiger partial charge in [-0.1, -0.05) is 36.4 Å². The molecule has 0 aliphatic carbocycles. The second-order valence-corrected chi connectivity index (χ2v) is 5.51. The average molecular weight is 307 g/mol. The number of carbonyl (C=O) groups is 1. The predicted octanol–water partition coefficient (Wildman–Crippen LogP) is 4.52. The predicted molar refractivity (Wildman–Crippen MR) is 89.0 cm³/mol. The monoisotopic (exact) mass is 306 g/mol. The van der Waals surface area contributed by atoms with Gasteiger partial charge in [0.1, 0.15) is 0 Å². The Morgan fingerprint density at radius 2 is 1.77 bits per heavy atom. The third-order valence-corrected chi connectivity index (χ3v) is 4.21. The highest BCUT2D eigenvalue weighted by Gasteiger charge is 2.33. The van der Waals surface area contributed by atoms with Gasteiger partial charge in [0.15, 0.2) is 0 Å². The number of hydrogen-bond acceptors (Lipinski definition) is 2. The Bertz CT molecular complexity index is 914. The van der Waals surface area contributed by atoms with Crippen molar-refractivity contribution in [3.8, 4) is 0 Å². The van der Waals surface area contributed by atoms with E-state index in [1.807, 2.05) is 42.5 Å². The van der Waals surface area contributed by atoms with Gasteiger partial charge in [-0.3, -0.25) is 14.7 Å². The van der Waals surface area contributed by atoms with Gasteiger partial charge >= 0.3 is 0 Å². The van der Waals surface area contributed by atoms with Gasteiger partial charge in [0, 0.05) is 22.7 Å². The van der Waals surface area contributed by atoms with Gasteiger partial charge in [0.05, 0.1) is 21.9 Å². The lowest BCUT2D eigenvalue weighted by molar-refractivity contribution is 0.101. The van der Waals surface area contributed by atoms with Crippen molar-refractivity contribution in [3.05, 3.63) is 77.5 Å². The fourth-order valence-corrected chi connectivity index (χ4v) is 3.06. The SMILES string of the molecule is C=C1c2ccccc2C(=O)N1c1ccc(Cl)c2cccnc12. The number of hydrogen-bond donors (Lipinski definition) is 0. The van der Waals surface area contributed by atoms with E-state index < -0.39 is 0 Å². The highest BCUT2D eigenvalue weighted by Crippen LogP contribution is 2.39. The molecule has 0 N–H and O–H groups in total. The standard InChI is InChI=1S/C18H11ClN2O/c1-11-12-5-2-3-6-13(12)18(22)21(11)16-9-8-15(19)14-7-4-10-20-17(14)16/h2-10H,1H2. The molecular formula is C18H11ClN2O. The normalized spacial score (nSPS) is 13.8. The molecule has 1 aliphatic rings. The highest BCUT2D eigenvalue weighted by molar-refractivity contribution is 6.36. The van der Waals surface area contributed by atoms with E-state index in [1.165, 1.54) is 0 Å². The topological polar surface area (TPSA) is 33.2 Å². The van der Waals surface area contributed by atoms with Gasteiger partial charge < -0.3 is 0 Å². The Hall–Kier alpha value is -2.65. The van der Waals surface area contributed by atoms with Crippen molar-refractivity contribution in [3.63, 3.8) is 0 Å². The summed E-state index contributed by atoms with van der Waals surface area (Å²) in [5.74, 6) is -0.0881. The molecule has 4 heteroatoms. The summed E-state index contributed by atoms with van der Waals surface area (Å²) in [6.07, 6.45) is 1.69. The van der Waals surface area contributed by atoms with E-state index in [2.05, 4.69) is 11.6 Å². The first-order chi connectivity index (χ1) is 10.7.